The minimum absolute atomic E-state index is 0.103. The first-order valence-electron chi connectivity index (χ1n) is 7.92. The molecule has 0 saturated heterocycles. The molecule has 0 radical (unpaired) electrons. The Bertz CT molecular complexity index is 717. The van der Waals surface area contributed by atoms with Gasteiger partial charge in [0.05, 0.1) is 11.6 Å². The number of nitrogens with one attached hydrogen (secondary N) is 2. The third kappa shape index (κ3) is 6.46. The molecule has 2 rings (SSSR count). The van der Waals surface area contributed by atoms with E-state index in [1.807, 2.05) is 12.1 Å². The summed E-state index contributed by atoms with van der Waals surface area (Å²) < 4.78 is 10.3. The summed E-state index contributed by atoms with van der Waals surface area (Å²) in [6.07, 6.45) is 0.905. The Morgan fingerprint density at radius 2 is 2.00 bits per heavy atom. The second-order valence-electron chi connectivity index (χ2n) is 5.31. The van der Waals surface area contributed by atoms with Crippen LogP contribution in [0.1, 0.15) is 29.1 Å². The molecular formula is C17H20ClN3O4. The molecule has 0 spiro atoms. The van der Waals surface area contributed by atoms with E-state index in [1.165, 1.54) is 0 Å². The van der Waals surface area contributed by atoms with Crippen molar-refractivity contribution >= 4 is 23.4 Å². The Labute approximate surface area is 150 Å². The lowest BCUT2D eigenvalue weighted by atomic mass is 10.3. The van der Waals surface area contributed by atoms with E-state index in [0.29, 0.717) is 49.1 Å². The lowest BCUT2D eigenvalue weighted by molar-refractivity contribution is -0.121. The molecule has 0 aliphatic rings. The maximum absolute atomic E-state index is 11.7. The lowest BCUT2D eigenvalue weighted by Gasteiger charge is -2.08. The lowest BCUT2D eigenvalue weighted by Crippen LogP contribution is -2.34. The standard InChI is InChI=1S/C17H20ClN3O4/c1-12-11-14(21-25-12)17(23)20-9-8-19-16(22)7-4-10-24-15-6-3-2-5-13(15)18/h2-3,5-6,11H,4,7-10H2,1H3,(H,19,22)(H,20,23). The molecule has 2 amide bonds. The zero-order valence-electron chi connectivity index (χ0n) is 13.9. The van der Waals surface area contributed by atoms with Crippen molar-refractivity contribution in [1.29, 1.82) is 0 Å². The van der Waals surface area contributed by atoms with Crippen LogP contribution in [0.3, 0.4) is 0 Å². The van der Waals surface area contributed by atoms with Gasteiger partial charge in [0, 0.05) is 25.6 Å². The fourth-order valence-corrected chi connectivity index (χ4v) is 2.20. The molecule has 134 valence electrons. The largest absolute Gasteiger partial charge is 0.492 e. The third-order valence-corrected chi connectivity index (χ3v) is 3.55. The Kier molecular flexibility index (Phi) is 7.28. The van der Waals surface area contributed by atoms with Gasteiger partial charge in [0.1, 0.15) is 11.5 Å². The van der Waals surface area contributed by atoms with E-state index in [1.54, 1.807) is 25.1 Å². The quantitative estimate of drug-likeness (QED) is 0.665. The minimum Gasteiger partial charge on any atom is -0.492 e. The topological polar surface area (TPSA) is 93.5 Å². The zero-order valence-corrected chi connectivity index (χ0v) is 14.6. The molecule has 2 N–H and O–H groups in total. The number of nitrogens with zero attached hydrogens (tertiary/aromatic N) is 1. The molecule has 0 fully saturated rings. The van der Waals surface area contributed by atoms with E-state index in [9.17, 15) is 9.59 Å². The number of rotatable bonds is 9. The number of benzene rings is 1. The summed E-state index contributed by atoms with van der Waals surface area (Å²) in [5.74, 6) is 0.737. The third-order valence-electron chi connectivity index (χ3n) is 3.24. The molecule has 0 unspecified atom stereocenters. The summed E-state index contributed by atoms with van der Waals surface area (Å²) in [4.78, 5) is 23.4. The molecule has 0 aliphatic heterocycles. The molecule has 0 saturated carbocycles. The highest BCUT2D eigenvalue weighted by atomic mass is 35.5. The summed E-state index contributed by atoms with van der Waals surface area (Å²) in [7, 11) is 0. The molecule has 7 nitrogen and oxygen atoms in total. The monoisotopic (exact) mass is 365 g/mol. The molecular weight excluding hydrogens is 346 g/mol. The van der Waals surface area contributed by atoms with Gasteiger partial charge in [-0.1, -0.05) is 28.9 Å². The van der Waals surface area contributed by atoms with Crippen molar-refractivity contribution in [2.75, 3.05) is 19.7 Å². The molecule has 1 heterocycles. The average molecular weight is 366 g/mol. The Hall–Kier alpha value is -2.54. The molecule has 0 aliphatic carbocycles. The number of ether oxygens (including phenoxy) is 1. The van der Waals surface area contributed by atoms with Crippen molar-refractivity contribution in [1.82, 2.24) is 15.8 Å². The van der Waals surface area contributed by atoms with Gasteiger partial charge in [-0.3, -0.25) is 9.59 Å². The predicted octanol–water partition coefficient (Wildman–Crippen LogP) is 2.34. The molecule has 2 aromatic rings. The van der Waals surface area contributed by atoms with Crippen LogP contribution in [-0.2, 0) is 4.79 Å². The van der Waals surface area contributed by atoms with E-state index in [0.717, 1.165) is 0 Å². The number of hydrogen-bond donors (Lipinski definition) is 2. The van der Waals surface area contributed by atoms with E-state index >= 15 is 0 Å². The van der Waals surface area contributed by atoms with Crippen LogP contribution < -0.4 is 15.4 Å². The van der Waals surface area contributed by atoms with Gasteiger partial charge in [0.25, 0.3) is 5.91 Å². The number of amides is 2. The Balaban J connectivity index is 1.54. The van der Waals surface area contributed by atoms with Crippen molar-refractivity contribution in [3.8, 4) is 5.75 Å². The molecule has 0 atom stereocenters. The second kappa shape index (κ2) is 9.68. The van der Waals surface area contributed by atoms with Crippen LogP contribution in [0, 0.1) is 6.92 Å². The first kappa shape index (κ1) is 18.8. The fourth-order valence-electron chi connectivity index (χ4n) is 2.01. The van der Waals surface area contributed by atoms with Gasteiger partial charge in [-0.25, -0.2) is 0 Å². The van der Waals surface area contributed by atoms with Gasteiger partial charge >= 0.3 is 0 Å². The van der Waals surface area contributed by atoms with Crippen LogP contribution in [0.5, 0.6) is 5.75 Å². The minimum atomic E-state index is -0.334. The Morgan fingerprint density at radius 3 is 2.72 bits per heavy atom. The first-order chi connectivity index (χ1) is 12.1. The molecule has 0 bridgehead atoms. The maximum Gasteiger partial charge on any atom is 0.273 e. The van der Waals surface area contributed by atoms with Crippen LogP contribution in [-0.4, -0.2) is 36.7 Å². The van der Waals surface area contributed by atoms with Crippen LogP contribution in [0.4, 0.5) is 0 Å². The van der Waals surface area contributed by atoms with Gasteiger partial charge in [-0.15, -0.1) is 0 Å². The van der Waals surface area contributed by atoms with Crippen molar-refractivity contribution < 1.29 is 18.8 Å². The number of aryl methyl sites for hydroxylation is 1. The van der Waals surface area contributed by atoms with Crippen LogP contribution in [0.25, 0.3) is 0 Å². The highest BCUT2D eigenvalue weighted by molar-refractivity contribution is 6.32. The smallest absolute Gasteiger partial charge is 0.273 e. The molecule has 8 heteroatoms. The van der Waals surface area contributed by atoms with E-state index in [4.69, 9.17) is 20.9 Å². The number of para-hydroxylation sites is 1. The summed E-state index contributed by atoms with van der Waals surface area (Å²) in [6, 6.07) is 8.74. The second-order valence-corrected chi connectivity index (χ2v) is 5.72. The number of aromatic nitrogens is 1. The highest BCUT2D eigenvalue weighted by Gasteiger charge is 2.10. The number of carbonyl (C=O) groups excluding carboxylic acids is 2. The average Bonchev–Trinajstić information content (AvgIpc) is 3.03. The molecule has 1 aromatic heterocycles. The number of carbonyl (C=O) groups is 2. The SMILES string of the molecule is Cc1cc(C(=O)NCCNC(=O)CCCOc2ccccc2Cl)no1. The summed E-state index contributed by atoms with van der Waals surface area (Å²) in [5, 5.41) is 9.53. The van der Waals surface area contributed by atoms with Gasteiger partial charge in [-0.05, 0) is 25.5 Å². The van der Waals surface area contributed by atoms with Crippen LogP contribution >= 0.6 is 11.6 Å². The summed E-state index contributed by atoms with van der Waals surface area (Å²) in [5.41, 5.74) is 0.223. The molecule has 25 heavy (non-hydrogen) atoms. The van der Waals surface area contributed by atoms with Crippen molar-refractivity contribution in [2.24, 2.45) is 0 Å². The van der Waals surface area contributed by atoms with Crippen LogP contribution in [0.15, 0.2) is 34.9 Å². The van der Waals surface area contributed by atoms with Gasteiger partial charge in [0.2, 0.25) is 5.91 Å². The van der Waals surface area contributed by atoms with E-state index in [-0.39, 0.29) is 17.5 Å². The number of halogens is 1. The van der Waals surface area contributed by atoms with Gasteiger partial charge in [0.15, 0.2) is 5.69 Å². The maximum atomic E-state index is 11.7. The summed E-state index contributed by atoms with van der Waals surface area (Å²) in [6.45, 7) is 2.76. The van der Waals surface area contributed by atoms with E-state index < -0.39 is 0 Å². The Morgan fingerprint density at radius 1 is 1.24 bits per heavy atom. The fraction of sp³-hybridized carbons (Fsp3) is 0.353. The predicted molar refractivity (Wildman–Crippen MR) is 92.8 cm³/mol. The molecule has 1 aromatic carbocycles. The zero-order chi connectivity index (χ0) is 18.1. The van der Waals surface area contributed by atoms with E-state index in [2.05, 4.69) is 15.8 Å². The number of hydrogen-bond acceptors (Lipinski definition) is 5. The summed E-state index contributed by atoms with van der Waals surface area (Å²) >= 11 is 5.97. The van der Waals surface area contributed by atoms with Crippen molar-refractivity contribution in [2.45, 2.75) is 19.8 Å². The van der Waals surface area contributed by atoms with Gasteiger partial charge < -0.3 is 19.9 Å². The van der Waals surface area contributed by atoms with Crippen LogP contribution in [0.2, 0.25) is 5.02 Å². The van der Waals surface area contributed by atoms with Crippen molar-refractivity contribution in [3.63, 3.8) is 0 Å². The first-order valence-corrected chi connectivity index (χ1v) is 8.29. The highest BCUT2D eigenvalue weighted by Crippen LogP contribution is 2.23. The van der Waals surface area contributed by atoms with Gasteiger partial charge in [-0.2, -0.15) is 0 Å². The normalized spacial score (nSPS) is 10.3. The van der Waals surface area contributed by atoms with Crippen molar-refractivity contribution in [3.05, 3.63) is 46.8 Å².